The lowest BCUT2D eigenvalue weighted by Gasteiger charge is -2.25. The molecule has 3 heteroatoms. The fraction of sp³-hybridized carbons (Fsp3) is 0.571. The smallest absolute Gasteiger partial charge is 0.120 e. The molecule has 0 radical (unpaired) electrons. The molecule has 3 N–H and O–H groups in total. The third-order valence-corrected chi connectivity index (χ3v) is 3.64. The summed E-state index contributed by atoms with van der Waals surface area (Å²) in [7, 11) is 4.00. The fourth-order valence-corrected chi connectivity index (χ4v) is 2.66. The van der Waals surface area contributed by atoms with E-state index in [1.807, 2.05) is 20.2 Å². The van der Waals surface area contributed by atoms with Crippen LogP contribution in [0.25, 0.3) is 0 Å². The van der Waals surface area contributed by atoms with Crippen LogP contribution in [0.4, 0.5) is 0 Å². The number of hydrogen-bond acceptors (Lipinski definition) is 3. The Balaban J connectivity index is 2.30. The quantitative estimate of drug-likeness (QED) is 0.842. The molecule has 1 aliphatic carbocycles. The molecular weight excluding hydrogens is 212 g/mol. The molecule has 1 aromatic rings. The first-order chi connectivity index (χ1) is 8.01. The van der Waals surface area contributed by atoms with Crippen LogP contribution in [-0.2, 0) is 12.1 Å². The van der Waals surface area contributed by atoms with Crippen molar-refractivity contribution in [3.8, 4) is 5.75 Å². The predicted molar refractivity (Wildman–Crippen MR) is 69.8 cm³/mol. The zero-order chi connectivity index (χ0) is 12.5. The van der Waals surface area contributed by atoms with Crippen molar-refractivity contribution in [3.63, 3.8) is 0 Å². The van der Waals surface area contributed by atoms with Gasteiger partial charge in [0.15, 0.2) is 0 Å². The van der Waals surface area contributed by atoms with Gasteiger partial charge in [-0.3, -0.25) is 0 Å². The number of benzene rings is 1. The molecule has 17 heavy (non-hydrogen) atoms. The van der Waals surface area contributed by atoms with Gasteiger partial charge < -0.3 is 15.7 Å². The van der Waals surface area contributed by atoms with Gasteiger partial charge in [-0.1, -0.05) is 18.9 Å². The summed E-state index contributed by atoms with van der Waals surface area (Å²) in [5.74, 6) is 0.365. The molecule has 0 bridgehead atoms. The minimum atomic E-state index is -0.172. The number of rotatable bonds is 3. The molecule has 2 rings (SSSR count). The van der Waals surface area contributed by atoms with E-state index in [1.54, 1.807) is 6.07 Å². The van der Waals surface area contributed by atoms with Crippen LogP contribution < -0.4 is 5.73 Å². The van der Waals surface area contributed by atoms with Crippen LogP contribution in [0.15, 0.2) is 18.2 Å². The number of hydrogen-bond donors (Lipinski definition) is 2. The van der Waals surface area contributed by atoms with E-state index in [2.05, 4.69) is 11.0 Å². The third kappa shape index (κ3) is 2.61. The van der Waals surface area contributed by atoms with Crippen molar-refractivity contribution in [2.45, 2.75) is 37.8 Å². The van der Waals surface area contributed by atoms with Gasteiger partial charge in [0.05, 0.1) is 0 Å². The van der Waals surface area contributed by atoms with Gasteiger partial charge in [-0.15, -0.1) is 0 Å². The summed E-state index contributed by atoms with van der Waals surface area (Å²) in [5, 5.41) is 9.84. The molecule has 0 amide bonds. The van der Waals surface area contributed by atoms with E-state index in [-0.39, 0.29) is 5.54 Å². The van der Waals surface area contributed by atoms with Crippen molar-refractivity contribution < 1.29 is 5.11 Å². The van der Waals surface area contributed by atoms with Gasteiger partial charge in [0.25, 0.3) is 0 Å². The van der Waals surface area contributed by atoms with E-state index in [0.29, 0.717) is 5.75 Å². The van der Waals surface area contributed by atoms with Crippen molar-refractivity contribution in [1.82, 2.24) is 4.90 Å². The van der Waals surface area contributed by atoms with Crippen molar-refractivity contribution in [2.75, 3.05) is 14.1 Å². The minimum absolute atomic E-state index is 0.172. The molecule has 1 aromatic carbocycles. The van der Waals surface area contributed by atoms with E-state index >= 15 is 0 Å². The summed E-state index contributed by atoms with van der Waals surface area (Å²) in [6, 6.07) is 5.82. The maximum Gasteiger partial charge on any atom is 0.120 e. The maximum atomic E-state index is 9.84. The SMILES string of the molecule is CN(C)Cc1cc(C2(N)CCCC2)ccc1O. The zero-order valence-corrected chi connectivity index (χ0v) is 10.7. The van der Waals surface area contributed by atoms with Gasteiger partial charge in [-0.2, -0.15) is 0 Å². The van der Waals surface area contributed by atoms with Crippen molar-refractivity contribution in [1.29, 1.82) is 0 Å². The molecule has 0 saturated heterocycles. The first-order valence-electron chi connectivity index (χ1n) is 6.27. The Bertz CT molecular complexity index is 395. The molecule has 0 aliphatic heterocycles. The lowest BCUT2D eigenvalue weighted by molar-refractivity contribution is 0.383. The summed E-state index contributed by atoms with van der Waals surface area (Å²) in [5.41, 5.74) is 8.40. The Morgan fingerprint density at radius 3 is 2.53 bits per heavy atom. The first-order valence-corrected chi connectivity index (χ1v) is 6.27. The van der Waals surface area contributed by atoms with Crippen LogP contribution in [-0.4, -0.2) is 24.1 Å². The highest BCUT2D eigenvalue weighted by atomic mass is 16.3. The topological polar surface area (TPSA) is 49.5 Å². The number of aromatic hydroxyl groups is 1. The standard InChI is InChI=1S/C14H22N2O/c1-16(2)10-11-9-12(5-6-13(11)17)14(15)7-3-4-8-14/h5-6,9,17H,3-4,7-8,10,15H2,1-2H3. The highest BCUT2D eigenvalue weighted by molar-refractivity contribution is 5.39. The normalized spacial score (nSPS) is 18.8. The van der Waals surface area contributed by atoms with Gasteiger partial charge in [0.2, 0.25) is 0 Å². The number of nitrogens with zero attached hydrogens (tertiary/aromatic N) is 1. The number of phenols is 1. The molecule has 0 spiro atoms. The second kappa shape index (κ2) is 4.67. The highest BCUT2D eigenvalue weighted by Gasteiger charge is 2.31. The Morgan fingerprint density at radius 2 is 1.94 bits per heavy atom. The van der Waals surface area contributed by atoms with Gasteiger partial charge in [-0.05, 0) is 44.6 Å². The summed E-state index contributed by atoms with van der Waals surface area (Å²) >= 11 is 0. The minimum Gasteiger partial charge on any atom is -0.508 e. The third-order valence-electron chi connectivity index (χ3n) is 3.64. The molecule has 0 atom stereocenters. The Labute approximate surface area is 103 Å². The second-order valence-corrected chi connectivity index (χ2v) is 5.44. The largest absolute Gasteiger partial charge is 0.508 e. The van der Waals surface area contributed by atoms with E-state index in [4.69, 9.17) is 5.73 Å². The molecule has 1 aliphatic rings. The van der Waals surface area contributed by atoms with Gasteiger partial charge in [-0.25, -0.2) is 0 Å². The van der Waals surface area contributed by atoms with Crippen LogP contribution >= 0.6 is 0 Å². The summed E-state index contributed by atoms with van der Waals surface area (Å²) < 4.78 is 0. The van der Waals surface area contributed by atoms with Crippen LogP contribution in [0.5, 0.6) is 5.75 Å². The molecule has 94 valence electrons. The summed E-state index contributed by atoms with van der Waals surface area (Å²) in [6.45, 7) is 0.746. The monoisotopic (exact) mass is 234 g/mol. The number of nitrogens with two attached hydrogens (primary N) is 1. The van der Waals surface area contributed by atoms with Crippen molar-refractivity contribution >= 4 is 0 Å². The lowest BCUT2D eigenvalue weighted by atomic mass is 9.88. The average molecular weight is 234 g/mol. The Morgan fingerprint density at radius 1 is 1.29 bits per heavy atom. The van der Waals surface area contributed by atoms with Gasteiger partial charge in [0, 0.05) is 17.6 Å². The molecule has 1 fully saturated rings. The van der Waals surface area contributed by atoms with E-state index in [0.717, 1.165) is 24.9 Å². The maximum absolute atomic E-state index is 9.84. The molecule has 0 unspecified atom stereocenters. The molecule has 1 saturated carbocycles. The fourth-order valence-electron chi connectivity index (χ4n) is 2.66. The summed E-state index contributed by atoms with van der Waals surface area (Å²) in [4.78, 5) is 2.05. The van der Waals surface area contributed by atoms with Crippen LogP contribution in [0.3, 0.4) is 0 Å². The predicted octanol–water partition coefficient (Wildman–Crippen LogP) is 2.18. The van der Waals surface area contributed by atoms with Crippen molar-refractivity contribution in [3.05, 3.63) is 29.3 Å². The summed E-state index contributed by atoms with van der Waals surface area (Å²) in [6.07, 6.45) is 4.53. The first kappa shape index (κ1) is 12.4. The molecule has 0 heterocycles. The molecular formula is C14H22N2O. The van der Waals surface area contributed by atoms with Crippen molar-refractivity contribution in [2.24, 2.45) is 5.73 Å². The van der Waals surface area contributed by atoms with Gasteiger partial charge >= 0.3 is 0 Å². The Hall–Kier alpha value is -1.06. The second-order valence-electron chi connectivity index (χ2n) is 5.44. The average Bonchev–Trinajstić information content (AvgIpc) is 2.69. The van der Waals surface area contributed by atoms with E-state index < -0.39 is 0 Å². The highest BCUT2D eigenvalue weighted by Crippen LogP contribution is 2.37. The van der Waals surface area contributed by atoms with Crippen LogP contribution in [0.2, 0.25) is 0 Å². The Kier molecular flexibility index (Phi) is 3.40. The van der Waals surface area contributed by atoms with E-state index in [1.165, 1.54) is 18.4 Å². The zero-order valence-electron chi connectivity index (χ0n) is 10.7. The molecule has 3 nitrogen and oxygen atoms in total. The van der Waals surface area contributed by atoms with Gasteiger partial charge in [0.1, 0.15) is 5.75 Å². The number of phenolic OH excluding ortho intramolecular Hbond substituents is 1. The van der Waals surface area contributed by atoms with E-state index in [9.17, 15) is 5.11 Å². The lowest BCUT2D eigenvalue weighted by Crippen LogP contribution is -2.33. The molecule has 0 aromatic heterocycles. The van der Waals surface area contributed by atoms with Crippen LogP contribution in [0, 0.1) is 0 Å². The van der Waals surface area contributed by atoms with Crippen LogP contribution in [0.1, 0.15) is 36.8 Å².